The quantitative estimate of drug-likeness (QED) is 0.872. The molecule has 2 saturated heterocycles. The second kappa shape index (κ2) is 7.86. The molecule has 3 rings (SSSR count). The van der Waals surface area contributed by atoms with Crippen molar-refractivity contribution in [1.82, 2.24) is 20.4 Å². The number of carbonyl (C=O) groups excluding carboxylic acids is 1. The third-order valence-corrected chi connectivity index (χ3v) is 4.16. The molecule has 0 aliphatic carbocycles. The van der Waals surface area contributed by atoms with Crippen molar-refractivity contribution < 1.29 is 4.79 Å². The minimum atomic E-state index is 0. The first-order valence-electron chi connectivity index (χ1n) is 6.85. The number of hydrogen-bond acceptors (Lipinski definition) is 3. The van der Waals surface area contributed by atoms with Gasteiger partial charge >= 0.3 is 0 Å². The van der Waals surface area contributed by atoms with Crippen molar-refractivity contribution in [3.05, 3.63) is 18.0 Å². The normalized spacial score (nSPS) is 23.0. The van der Waals surface area contributed by atoms with Crippen molar-refractivity contribution in [2.45, 2.75) is 37.6 Å². The molecule has 20 heavy (non-hydrogen) atoms. The summed E-state index contributed by atoms with van der Waals surface area (Å²) < 4.78 is 0. The van der Waals surface area contributed by atoms with E-state index < -0.39 is 0 Å². The number of amides is 1. The van der Waals surface area contributed by atoms with Gasteiger partial charge in [0.15, 0.2) is 0 Å². The topological polar surface area (TPSA) is 61.0 Å². The van der Waals surface area contributed by atoms with Crippen molar-refractivity contribution in [3.63, 3.8) is 0 Å². The van der Waals surface area contributed by atoms with Gasteiger partial charge in [-0.05, 0) is 43.7 Å². The summed E-state index contributed by atoms with van der Waals surface area (Å²) in [4.78, 5) is 14.3. The Morgan fingerprint density at radius 3 is 2.55 bits per heavy atom. The van der Waals surface area contributed by atoms with Crippen molar-refractivity contribution in [2.75, 3.05) is 19.6 Å². The van der Waals surface area contributed by atoms with Crippen LogP contribution in [0, 0.1) is 0 Å². The summed E-state index contributed by atoms with van der Waals surface area (Å²) in [6, 6.07) is 0.0791. The second-order valence-electron chi connectivity index (χ2n) is 5.28. The molecule has 2 N–H and O–H groups in total. The molecule has 0 bridgehead atoms. The number of nitrogens with zero attached hydrogens (tertiary/aromatic N) is 2. The lowest BCUT2D eigenvalue weighted by atomic mass is 9.91. The third-order valence-electron chi connectivity index (χ3n) is 4.16. The highest BCUT2D eigenvalue weighted by Gasteiger charge is 2.30. The largest absolute Gasteiger partial charge is 0.341 e. The predicted molar refractivity (Wildman–Crippen MR) is 82.7 cm³/mol. The van der Waals surface area contributed by atoms with Crippen LogP contribution in [0.5, 0.6) is 0 Å². The second-order valence-corrected chi connectivity index (χ2v) is 5.28. The van der Waals surface area contributed by atoms with Crippen LogP contribution in [0.15, 0.2) is 12.4 Å². The average molecular weight is 321 g/mol. The Balaban J connectivity index is 0.000001000. The molecular weight excluding hydrogens is 299 g/mol. The van der Waals surface area contributed by atoms with Gasteiger partial charge in [-0.2, -0.15) is 5.10 Å². The monoisotopic (exact) mass is 320 g/mol. The van der Waals surface area contributed by atoms with E-state index in [4.69, 9.17) is 0 Å². The van der Waals surface area contributed by atoms with Gasteiger partial charge in [-0.1, -0.05) is 0 Å². The lowest BCUT2D eigenvalue weighted by Crippen LogP contribution is -2.46. The van der Waals surface area contributed by atoms with E-state index in [0.29, 0.717) is 11.8 Å². The zero-order chi connectivity index (χ0) is 12.4. The standard InChI is InChI=1S/C13H20N4O.2ClH/c18-13(12-2-1-5-14-12)17-6-3-10(4-7-17)11-8-15-16-9-11;;/h8-10,12,14H,1-7H2,(H,15,16);2*1H. The van der Waals surface area contributed by atoms with Gasteiger partial charge in [0.1, 0.15) is 0 Å². The highest BCUT2D eigenvalue weighted by Crippen LogP contribution is 2.27. The average Bonchev–Trinajstić information content (AvgIpc) is 3.11. The molecule has 0 aromatic carbocycles. The van der Waals surface area contributed by atoms with E-state index in [2.05, 4.69) is 15.5 Å². The zero-order valence-electron chi connectivity index (χ0n) is 11.4. The first-order valence-corrected chi connectivity index (χ1v) is 6.85. The van der Waals surface area contributed by atoms with Gasteiger partial charge in [0.05, 0.1) is 12.2 Å². The van der Waals surface area contributed by atoms with E-state index in [1.54, 1.807) is 0 Å². The molecule has 1 aromatic heterocycles. The van der Waals surface area contributed by atoms with Crippen molar-refractivity contribution in [1.29, 1.82) is 0 Å². The molecule has 114 valence electrons. The fourth-order valence-corrected chi connectivity index (χ4v) is 3.03. The molecule has 1 unspecified atom stereocenters. The minimum Gasteiger partial charge on any atom is -0.341 e. The molecule has 2 aliphatic rings. The van der Waals surface area contributed by atoms with Gasteiger partial charge < -0.3 is 10.2 Å². The number of nitrogens with one attached hydrogen (secondary N) is 2. The molecule has 1 amide bonds. The molecule has 0 spiro atoms. The Bertz CT molecular complexity index is 399. The first-order chi connectivity index (χ1) is 8.84. The van der Waals surface area contributed by atoms with Crippen LogP contribution in [0.25, 0.3) is 0 Å². The fraction of sp³-hybridized carbons (Fsp3) is 0.692. The molecule has 2 aliphatic heterocycles. The number of piperidine rings is 1. The minimum absolute atomic E-state index is 0. The summed E-state index contributed by atoms with van der Waals surface area (Å²) in [6.07, 6.45) is 8.11. The van der Waals surface area contributed by atoms with E-state index in [1.165, 1.54) is 5.56 Å². The molecule has 1 aromatic rings. The molecule has 2 fully saturated rings. The van der Waals surface area contributed by atoms with Crippen LogP contribution < -0.4 is 5.32 Å². The van der Waals surface area contributed by atoms with E-state index in [9.17, 15) is 4.79 Å². The third kappa shape index (κ3) is 3.65. The Morgan fingerprint density at radius 1 is 1.25 bits per heavy atom. The summed E-state index contributed by atoms with van der Waals surface area (Å²) in [5, 5.41) is 10.2. The van der Waals surface area contributed by atoms with Gasteiger partial charge in [0.2, 0.25) is 5.91 Å². The van der Waals surface area contributed by atoms with Gasteiger partial charge in [0.25, 0.3) is 0 Å². The van der Waals surface area contributed by atoms with Crippen LogP contribution in [0.3, 0.4) is 0 Å². The van der Waals surface area contributed by atoms with Crippen molar-refractivity contribution in [3.8, 4) is 0 Å². The Labute approximate surface area is 131 Å². The molecule has 0 radical (unpaired) electrons. The molecule has 3 heterocycles. The summed E-state index contributed by atoms with van der Waals surface area (Å²) in [6.45, 7) is 2.75. The van der Waals surface area contributed by atoms with E-state index in [0.717, 1.165) is 45.3 Å². The lowest BCUT2D eigenvalue weighted by Gasteiger charge is -2.33. The summed E-state index contributed by atoms with van der Waals surface area (Å²) in [7, 11) is 0. The Hall–Kier alpha value is -0.780. The lowest BCUT2D eigenvalue weighted by molar-refractivity contribution is -0.134. The van der Waals surface area contributed by atoms with E-state index in [-0.39, 0.29) is 30.9 Å². The van der Waals surface area contributed by atoms with Crippen LogP contribution in [0.4, 0.5) is 0 Å². The van der Waals surface area contributed by atoms with Gasteiger partial charge in [0, 0.05) is 19.3 Å². The highest BCUT2D eigenvalue weighted by atomic mass is 35.5. The number of likely N-dealkylation sites (tertiary alicyclic amines) is 1. The summed E-state index contributed by atoms with van der Waals surface area (Å²) in [5.74, 6) is 0.863. The van der Waals surface area contributed by atoms with Crippen molar-refractivity contribution in [2.24, 2.45) is 0 Å². The van der Waals surface area contributed by atoms with Crippen LogP contribution >= 0.6 is 24.8 Å². The maximum atomic E-state index is 12.2. The SMILES string of the molecule is Cl.Cl.O=C(C1CCCN1)N1CCC(c2cn[nH]c2)CC1. The number of aromatic amines is 1. The number of halogens is 2. The Kier molecular flexibility index (Phi) is 6.79. The van der Waals surface area contributed by atoms with E-state index in [1.807, 2.05) is 17.3 Å². The molecule has 5 nitrogen and oxygen atoms in total. The fourth-order valence-electron chi connectivity index (χ4n) is 3.03. The van der Waals surface area contributed by atoms with Crippen LogP contribution in [-0.4, -0.2) is 46.7 Å². The van der Waals surface area contributed by atoms with Crippen molar-refractivity contribution >= 4 is 30.7 Å². The maximum absolute atomic E-state index is 12.2. The van der Waals surface area contributed by atoms with Gasteiger partial charge in [-0.15, -0.1) is 24.8 Å². The maximum Gasteiger partial charge on any atom is 0.239 e. The highest BCUT2D eigenvalue weighted by molar-refractivity contribution is 5.85. The summed E-state index contributed by atoms with van der Waals surface area (Å²) >= 11 is 0. The number of hydrogen-bond donors (Lipinski definition) is 2. The first kappa shape index (κ1) is 17.3. The van der Waals surface area contributed by atoms with E-state index >= 15 is 0 Å². The van der Waals surface area contributed by atoms with Crippen LogP contribution in [0.2, 0.25) is 0 Å². The predicted octanol–water partition coefficient (Wildman–Crippen LogP) is 1.71. The number of aromatic nitrogens is 2. The molecule has 1 atom stereocenters. The number of H-pyrrole nitrogens is 1. The van der Waals surface area contributed by atoms with Gasteiger partial charge in [-0.3, -0.25) is 9.89 Å². The smallest absolute Gasteiger partial charge is 0.239 e. The molecule has 7 heteroatoms. The van der Waals surface area contributed by atoms with Crippen LogP contribution in [0.1, 0.15) is 37.2 Å². The van der Waals surface area contributed by atoms with Crippen LogP contribution in [-0.2, 0) is 4.79 Å². The molecular formula is C13H22Cl2N4O. The zero-order valence-corrected chi connectivity index (χ0v) is 13.0. The Morgan fingerprint density at radius 2 is 2.00 bits per heavy atom. The number of carbonyl (C=O) groups is 1. The van der Waals surface area contributed by atoms with Gasteiger partial charge in [-0.25, -0.2) is 0 Å². The molecule has 0 saturated carbocycles. The summed E-state index contributed by atoms with van der Waals surface area (Å²) in [5.41, 5.74) is 1.28. The number of rotatable bonds is 2.